The van der Waals surface area contributed by atoms with Gasteiger partial charge in [0.1, 0.15) is 0 Å². The van der Waals surface area contributed by atoms with Crippen molar-refractivity contribution in [1.29, 1.82) is 0 Å². The first-order valence-electron chi connectivity index (χ1n) is 18.7. The Balaban J connectivity index is 0.000000389. The molecule has 1 radical (unpaired) electrons. The molecule has 2 heterocycles. The Morgan fingerprint density at radius 2 is 1.52 bits per heavy atom. The number of carbonyl (C=O) groups is 1. The summed E-state index contributed by atoms with van der Waals surface area (Å²) in [6, 6.07) is 22.6. The maximum Gasteiger partial charge on any atom is 0.251 e. The standard InChI is InChI=1S/C31H32F2NSSi.C13H24O2.Ir/c1-20(2)27-18-23(17-21-9-6-7-11-24(21)27)28-30-26(13-15-34-28)25-12-8-10-22(29(25)35-30)19-31(32,33)14-16-36(3,4)5;1-5-10(6-2)12(14)9-13(15)11(7-3)8-4;/h6-13,15,18,20H,14,16,19H2,1-5H3;9-11,14H,5-8H2,1-4H3;/q-1;;/b;12-9-;. The largest absolute Gasteiger partial charge is 0.512 e. The van der Waals surface area contributed by atoms with Gasteiger partial charge in [0.15, 0.2) is 5.78 Å². The molecule has 1 N–H and O–H groups in total. The van der Waals surface area contributed by atoms with Crippen molar-refractivity contribution in [3.05, 3.63) is 89.8 Å². The van der Waals surface area contributed by atoms with Gasteiger partial charge in [-0.25, -0.2) is 8.78 Å². The quantitative estimate of drug-likeness (QED) is 0.0522. The number of halogens is 2. The third kappa shape index (κ3) is 10.9. The van der Waals surface area contributed by atoms with E-state index in [-0.39, 0.29) is 56.3 Å². The number of aliphatic hydroxyl groups excluding tert-OH is 1. The van der Waals surface area contributed by atoms with E-state index in [4.69, 9.17) is 4.98 Å². The summed E-state index contributed by atoms with van der Waals surface area (Å²) < 4.78 is 32.1. The van der Waals surface area contributed by atoms with Crippen LogP contribution in [-0.4, -0.2) is 29.9 Å². The number of aliphatic hydroxyl groups is 1. The van der Waals surface area contributed by atoms with Crippen molar-refractivity contribution in [1.82, 2.24) is 4.98 Å². The predicted molar refractivity (Wildman–Crippen MR) is 218 cm³/mol. The molecule has 0 fully saturated rings. The number of fused-ring (bicyclic) bond motifs is 4. The smallest absolute Gasteiger partial charge is 0.251 e. The second-order valence-corrected chi connectivity index (χ2v) is 22.0. The van der Waals surface area contributed by atoms with Crippen LogP contribution in [-0.2, 0) is 31.3 Å². The van der Waals surface area contributed by atoms with Crippen molar-refractivity contribution in [3.8, 4) is 11.3 Å². The first kappa shape index (κ1) is 43.6. The third-order valence-corrected chi connectivity index (χ3v) is 13.0. The topological polar surface area (TPSA) is 50.2 Å². The van der Waals surface area contributed by atoms with E-state index >= 15 is 8.78 Å². The summed E-state index contributed by atoms with van der Waals surface area (Å²) in [6.45, 7) is 18.9. The van der Waals surface area contributed by atoms with Crippen LogP contribution in [0.2, 0.25) is 25.7 Å². The van der Waals surface area contributed by atoms with Gasteiger partial charge in [-0.3, -0.25) is 9.78 Å². The fraction of sp³-hybridized carbons (Fsp3) is 0.455. The van der Waals surface area contributed by atoms with Gasteiger partial charge in [-0.05, 0) is 48.6 Å². The molecule has 0 bridgehead atoms. The molecular weight excluding hydrogens is 865 g/mol. The van der Waals surface area contributed by atoms with Gasteiger partial charge in [0.2, 0.25) is 0 Å². The molecule has 3 nitrogen and oxygen atoms in total. The van der Waals surface area contributed by atoms with Crippen LogP contribution in [0.3, 0.4) is 0 Å². The minimum Gasteiger partial charge on any atom is -0.512 e. The van der Waals surface area contributed by atoms with E-state index < -0.39 is 14.0 Å². The number of aromatic nitrogens is 1. The maximum absolute atomic E-state index is 15.0. The van der Waals surface area contributed by atoms with E-state index in [1.165, 1.54) is 17.0 Å². The fourth-order valence-corrected chi connectivity index (χ4v) is 9.11. The number of ketones is 1. The number of pyridine rings is 1. The summed E-state index contributed by atoms with van der Waals surface area (Å²) in [5.41, 5.74) is 3.82. The number of thiophene rings is 1. The molecule has 0 unspecified atom stereocenters. The monoisotopic (exact) mass is 921 g/mol. The Morgan fingerprint density at radius 1 is 0.904 bits per heavy atom. The molecule has 5 rings (SSSR count). The molecule has 52 heavy (non-hydrogen) atoms. The number of rotatable bonds is 14. The number of benzene rings is 3. The minimum absolute atomic E-state index is 0. The molecular formula is C44H56F2IrNO2SSi-. The molecule has 0 spiro atoms. The summed E-state index contributed by atoms with van der Waals surface area (Å²) in [5, 5.41) is 14.1. The summed E-state index contributed by atoms with van der Waals surface area (Å²) in [5.74, 6) is -1.80. The van der Waals surface area contributed by atoms with Crippen LogP contribution >= 0.6 is 11.3 Å². The number of alkyl halides is 2. The molecule has 0 aliphatic rings. The molecule has 0 saturated carbocycles. The summed E-state index contributed by atoms with van der Waals surface area (Å²) in [7, 11) is -1.53. The van der Waals surface area contributed by atoms with E-state index in [0.717, 1.165) is 68.1 Å². The van der Waals surface area contributed by atoms with Gasteiger partial charge in [0, 0.05) is 85.6 Å². The van der Waals surface area contributed by atoms with Gasteiger partial charge < -0.3 is 5.11 Å². The van der Waals surface area contributed by atoms with Crippen LogP contribution in [0.25, 0.3) is 42.2 Å². The minimum atomic E-state index is -2.70. The van der Waals surface area contributed by atoms with Crippen LogP contribution < -0.4 is 0 Å². The first-order valence-corrected chi connectivity index (χ1v) is 23.2. The Bertz CT molecular complexity index is 1970. The molecule has 0 saturated heterocycles. The number of hydrogen-bond acceptors (Lipinski definition) is 4. The molecule has 0 atom stereocenters. The zero-order valence-corrected chi connectivity index (χ0v) is 36.5. The van der Waals surface area contributed by atoms with Crippen LogP contribution in [0.4, 0.5) is 8.78 Å². The van der Waals surface area contributed by atoms with Crippen molar-refractivity contribution >= 4 is 56.1 Å². The Labute approximate surface area is 328 Å². The maximum atomic E-state index is 15.0. The third-order valence-electron chi connectivity index (χ3n) is 9.95. The van der Waals surface area contributed by atoms with Gasteiger partial charge >= 0.3 is 0 Å². The van der Waals surface area contributed by atoms with Gasteiger partial charge in [-0.15, -0.1) is 40.5 Å². The molecule has 0 aliphatic carbocycles. The van der Waals surface area contributed by atoms with E-state index in [1.54, 1.807) is 11.3 Å². The van der Waals surface area contributed by atoms with Gasteiger partial charge in [0.05, 0.1) is 5.76 Å². The molecule has 2 aromatic heterocycles. The predicted octanol–water partition coefficient (Wildman–Crippen LogP) is 14.0. The summed E-state index contributed by atoms with van der Waals surface area (Å²) >= 11 is 1.59. The van der Waals surface area contributed by atoms with Crippen molar-refractivity contribution < 1.29 is 38.8 Å². The van der Waals surface area contributed by atoms with E-state index in [0.29, 0.717) is 12.0 Å². The molecule has 3 aromatic carbocycles. The first-order chi connectivity index (χ1) is 24.1. The average molecular weight is 921 g/mol. The molecule has 0 amide bonds. The normalized spacial score (nSPS) is 12.5. The van der Waals surface area contributed by atoms with Crippen LogP contribution in [0.5, 0.6) is 0 Å². The zero-order chi connectivity index (χ0) is 37.5. The second kappa shape index (κ2) is 19.0. The number of carbonyl (C=O) groups excluding carboxylic acids is 1. The number of allylic oxidation sites excluding steroid dienone is 2. The van der Waals surface area contributed by atoms with Crippen LogP contribution in [0.15, 0.2) is 72.6 Å². The molecule has 283 valence electrons. The molecule has 5 aromatic rings. The van der Waals surface area contributed by atoms with E-state index in [2.05, 4.69) is 63.8 Å². The van der Waals surface area contributed by atoms with Crippen molar-refractivity contribution in [2.75, 3.05) is 0 Å². The van der Waals surface area contributed by atoms with Gasteiger partial charge in [0.25, 0.3) is 5.92 Å². The van der Waals surface area contributed by atoms with Gasteiger partial charge in [-0.1, -0.05) is 115 Å². The van der Waals surface area contributed by atoms with E-state index in [9.17, 15) is 9.90 Å². The SMILES string of the molecule is CC(C)c1cc(-c2nccc3c2sc2c(CC(F)(F)CC[Si](C)(C)C)cccc23)[c-]c2ccccc12.CCC(CC)C(=O)/C=C(\O)C(CC)CC.[Ir]. The van der Waals surface area contributed by atoms with Crippen molar-refractivity contribution in [3.63, 3.8) is 0 Å². The Kier molecular flexibility index (Phi) is 15.9. The average Bonchev–Trinajstić information content (AvgIpc) is 3.48. The Morgan fingerprint density at radius 3 is 2.13 bits per heavy atom. The Hall–Kier alpha value is -2.77. The number of nitrogens with zero attached hydrogens (tertiary/aromatic N) is 1. The zero-order valence-electron chi connectivity index (χ0n) is 32.3. The van der Waals surface area contributed by atoms with Crippen molar-refractivity contribution in [2.45, 2.75) is 118 Å². The second-order valence-electron chi connectivity index (χ2n) is 15.4. The summed E-state index contributed by atoms with van der Waals surface area (Å²) in [6.07, 6.45) is 6.48. The summed E-state index contributed by atoms with van der Waals surface area (Å²) in [4.78, 5) is 16.5. The molecule has 8 heteroatoms. The van der Waals surface area contributed by atoms with E-state index in [1.807, 2.05) is 64.2 Å². The number of hydrogen-bond donors (Lipinski definition) is 1. The molecule has 0 aliphatic heterocycles. The van der Waals surface area contributed by atoms with Gasteiger partial charge in [-0.2, -0.15) is 0 Å². The van der Waals surface area contributed by atoms with Crippen molar-refractivity contribution in [2.24, 2.45) is 11.8 Å². The van der Waals surface area contributed by atoms with Crippen LogP contribution in [0, 0.1) is 17.9 Å². The fourth-order valence-electron chi connectivity index (χ4n) is 6.68. The van der Waals surface area contributed by atoms with Crippen LogP contribution in [0.1, 0.15) is 90.7 Å².